The van der Waals surface area contributed by atoms with Crippen molar-refractivity contribution in [3.05, 3.63) is 65.0 Å². The van der Waals surface area contributed by atoms with Crippen LogP contribution in [-0.2, 0) is 6.54 Å². The summed E-state index contributed by atoms with van der Waals surface area (Å²) >= 11 is 0. The fourth-order valence-electron chi connectivity index (χ4n) is 1.61. The maximum absolute atomic E-state index is 13.2. The van der Waals surface area contributed by atoms with Crippen LogP contribution in [0.4, 0.5) is 18.9 Å². The molecule has 0 atom stereocenters. The number of nitrogens with one attached hydrogen (secondary N) is 1. The van der Waals surface area contributed by atoms with E-state index in [1.54, 1.807) is 0 Å². The molecule has 0 spiro atoms. The molecule has 0 heterocycles. The van der Waals surface area contributed by atoms with Gasteiger partial charge in [-0.25, -0.2) is 13.2 Å². The molecule has 0 aliphatic heterocycles. The number of nitrogens with zero attached hydrogens (tertiary/aromatic N) is 1. The third kappa shape index (κ3) is 3.26. The van der Waals surface area contributed by atoms with Gasteiger partial charge < -0.3 is 5.32 Å². The van der Waals surface area contributed by atoms with E-state index in [4.69, 9.17) is 5.26 Å². The highest BCUT2D eigenvalue weighted by atomic mass is 19.2. The zero-order valence-electron chi connectivity index (χ0n) is 9.75. The second kappa shape index (κ2) is 5.44. The molecule has 0 unspecified atom stereocenters. The van der Waals surface area contributed by atoms with Gasteiger partial charge in [0, 0.05) is 12.2 Å². The third-order valence-corrected chi connectivity index (χ3v) is 2.51. The molecule has 0 saturated heterocycles. The number of benzene rings is 2. The first kappa shape index (κ1) is 13.0. The van der Waals surface area contributed by atoms with Gasteiger partial charge in [0.25, 0.3) is 0 Å². The maximum Gasteiger partial charge on any atom is 0.159 e. The van der Waals surface area contributed by atoms with Gasteiger partial charge in [-0.05, 0) is 35.9 Å². The molecule has 0 aromatic heterocycles. The van der Waals surface area contributed by atoms with Crippen LogP contribution >= 0.6 is 0 Å². The zero-order valence-corrected chi connectivity index (χ0v) is 9.75. The molecular formula is C14H9F3N2. The highest BCUT2D eigenvalue weighted by Crippen LogP contribution is 2.15. The van der Waals surface area contributed by atoms with Crippen LogP contribution < -0.4 is 5.32 Å². The van der Waals surface area contributed by atoms with Crippen LogP contribution in [0.5, 0.6) is 0 Å². The normalized spacial score (nSPS) is 10.0. The molecule has 2 aromatic rings. The van der Waals surface area contributed by atoms with E-state index >= 15 is 0 Å². The molecule has 1 N–H and O–H groups in total. The lowest BCUT2D eigenvalue weighted by molar-refractivity contribution is 0.507. The van der Waals surface area contributed by atoms with Crippen LogP contribution in [0, 0.1) is 28.8 Å². The summed E-state index contributed by atoms with van der Waals surface area (Å²) in [5.41, 5.74) is 1.11. The van der Waals surface area contributed by atoms with E-state index in [-0.39, 0.29) is 12.1 Å². The van der Waals surface area contributed by atoms with Gasteiger partial charge in [0.2, 0.25) is 0 Å². The minimum absolute atomic E-state index is 0.188. The Bertz CT molecular complexity index is 648. The largest absolute Gasteiger partial charge is 0.381 e. The summed E-state index contributed by atoms with van der Waals surface area (Å²) in [5, 5.41) is 11.5. The Morgan fingerprint density at radius 2 is 1.79 bits per heavy atom. The summed E-state index contributed by atoms with van der Waals surface area (Å²) < 4.78 is 38.9. The van der Waals surface area contributed by atoms with Crippen LogP contribution in [0.1, 0.15) is 11.1 Å². The molecule has 0 aliphatic rings. The molecule has 0 radical (unpaired) electrons. The predicted octanol–water partition coefficient (Wildman–Crippen LogP) is 3.59. The predicted molar refractivity (Wildman–Crippen MR) is 64.8 cm³/mol. The Labute approximate surface area is 108 Å². The molecule has 96 valence electrons. The molecule has 0 saturated carbocycles. The molecule has 0 amide bonds. The van der Waals surface area contributed by atoms with Gasteiger partial charge in [0.1, 0.15) is 5.82 Å². The average Bonchev–Trinajstić information content (AvgIpc) is 2.39. The molecule has 0 bridgehead atoms. The van der Waals surface area contributed by atoms with E-state index in [0.29, 0.717) is 11.3 Å². The van der Waals surface area contributed by atoms with E-state index in [1.807, 2.05) is 6.07 Å². The van der Waals surface area contributed by atoms with E-state index in [0.717, 1.165) is 18.2 Å². The summed E-state index contributed by atoms with van der Waals surface area (Å²) in [5.74, 6) is -2.38. The monoisotopic (exact) mass is 262 g/mol. The van der Waals surface area contributed by atoms with Gasteiger partial charge in [0.05, 0.1) is 11.6 Å². The molecule has 0 fully saturated rings. The number of anilines is 1. The van der Waals surface area contributed by atoms with Crippen LogP contribution in [0.25, 0.3) is 0 Å². The van der Waals surface area contributed by atoms with Crippen molar-refractivity contribution >= 4 is 5.69 Å². The Balaban J connectivity index is 2.12. The Morgan fingerprint density at radius 3 is 2.47 bits per heavy atom. The fourth-order valence-corrected chi connectivity index (χ4v) is 1.61. The SMILES string of the molecule is N#Cc1cc(F)cc(NCc2ccc(F)c(F)c2)c1. The number of rotatable bonds is 3. The van der Waals surface area contributed by atoms with Crippen LogP contribution in [0.2, 0.25) is 0 Å². The van der Waals surface area contributed by atoms with Gasteiger partial charge >= 0.3 is 0 Å². The van der Waals surface area contributed by atoms with Gasteiger partial charge in [0.15, 0.2) is 11.6 Å². The van der Waals surface area contributed by atoms with Crippen LogP contribution in [0.15, 0.2) is 36.4 Å². The first-order chi connectivity index (χ1) is 9.08. The van der Waals surface area contributed by atoms with Crippen LogP contribution in [0.3, 0.4) is 0 Å². The summed E-state index contributed by atoms with van der Waals surface area (Å²) in [6.07, 6.45) is 0. The van der Waals surface area contributed by atoms with Crippen molar-refractivity contribution in [3.8, 4) is 6.07 Å². The minimum atomic E-state index is -0.934. The number of hydrogen-bond acceptors (Lipinski definition) is 2. The number of halogens is 3. The summed E-state index contributed by atoms with van der Waals surface area (Å²) in [4.78, 5) is 0. The van der Waals surface area contributed by atoms with Crippen molar-refractivity contribution in [2.75, 3.05) is 5.32 Å². The summed E-state index contributed by atoms with van der Waals surface area (Å²) in [7, 11) is 0. The lowest BCUT2D eigenvalue weighted by Crippen LogP contribution is -2.01. The second-order valence-electron chi connectivity index (χ2n) is 3.94. The standard InChI is InChI=1S/C14H9F3N2/c15-11-3-10(7-18)4-12(6-11)19-8-9-1-2-13(16)14(17)5-9/h1-6,19H,8H2. The Hall–Kier alpha value is -2.48. The lowest BCUT2D eigenvalue weighted by atomic mass is 10.2. The average molecular weight is 262 g/mol. The topological polar surface area (TPSA) is 35.8 Å². The smallest absolute Gasteiger partial charge is 0.159 e. The van der Waals surface area contributed by atoms with Crippen molar-refractivity contribution in [3.63, 3.8) is 0 Å². The van der Waals surface area contributed by atoms with E-state index < -0.39 is 17.5 Å². The Morgan fingerprint density at radius 1 is 1.00 bits per heavy atom. The quantitative estimate of drug-likeness (QED) is 0.917. The van der Waals surface area contributed by atoms with Crippen molar-refractivity contribution in [1.29, 1.82) is 5.26 Å². The van der Waals surface area contributed by atoms with Crippen molar-refractivity contribution in [1.82, 2.24) is 0 Å². The fraction of sp³-hybridized carbons (Fsp3) is 0.0714. The number of nitriles is 1. The molecule has 2 rings (SSSR count). The van der Waals surface area contributed by atoms with E-state index in [2.05, 4.69) is 5.32 Å². The molecule has 0 aliphatic carbocycles. The van der Waals surface area contributed by atoms with Gasteiger partial charge in [-0.15, -0.1) is 0 Å². The van der Waals surface area contributed by atoms with E-state index in [1.165, 1.54) is 18.2 Å². The summed E-state index contributed by atoms with van der Waals surface area (Å²) in [6.45, 7) is 0.200. The molecular weight excluding hydrogens is 253 g/mol. The molecule has 19 heavy (non-hydrogen) atoms. The van der Waals surface area contributed by atoms with Crippen molar-refractivity contribution in [2.24, 2.45) is 0 Å². The second-order valence-corrected chi connectivity index (χ2v) is 3.94. The summed E-state index contributed by atoms with van der Waals surface area (Å²) in [6, 6.07) is 9.16. The molecule has 2 nitrogen and oxygen atoms in total. The highest BCUT2D eigenvalue weighted by Gasteiger charge is 2.04. The van der Waals surface area contributed by atoms with Gasteiger partial charge in [-0.1, -0.05) is 6.07 Å². The van der Waals surface area contributed by atoms with Crippen molar-refractivity contribution in [2.45, 2.75) is 6.54 Å². The third-order valence-electron chi connectivity index (χ3n) is 2.51. The number of hydrogen-bond donors (Lipinski definition) is 1. The molecule has 5 heteroatoms. The zero-order chi connectivity index (χ0) is 13.8. The maximum atomic E-state index is 13.2. The van der Waals surface area contributed by atoms with Crippen LogP contribution in [-0.4, -0.2) is 0 Å². The van der Waals surface area contributed by atoms with E-state index in [9.17, 15) is 13.2 Å². The lowest BCUT2D eigenvalue weighted by Gasteiger charge is -2.07. The van der Waals surface area contributed by atoms with Crippen molar-refractivity contribution < 1.29 is 13.2 Å². The Kier molecular flexibility index (Phi) is 3.71. The van der Waals surface area contributed by atoms with Gasteiger partial charge in [-0.2, -0.15) is 5.26 Å². The minimum Gasteiger partial charge on any atom is -0.381 e. The first-order valence-corrected chi connectivity index (χ1v) is 5.47. The highest BCUT2D eigenvalue weighted by molar-refractivity contribution is 5.50. The van der Waals surface area contributed by atoms with Gasteiger partial charge in [-0.3, -0.25) is 0 Å². The molecule has 2 aromatic carbocycles. The first-order valence-electron chi connectivity index (χ1n) is 5.47.